The van der Waals surface area contributed by atoms with Gasteiger partial charge < -0.3 is 0 Å². The highest BCUT2D eigenvalue weighted by Crippen LogP contribution is 2.08. The monoisotopic (exact) mass is 144 g/mol. The second kappa shape index (κ2) is 7.84. The lowest BCUT2D eigenvalue weighted by atomic mass is 10.2. The first-order chi connectivity index (χ1) is 4.50. The molecule has 52 valence electrons. The van der Waals surface area contributed by atoms with Crippen LogP contribution in [-0.4, -0.2) is 0 Å². The Morgan fingerprint density at radius 3 is 1.78 bits per heavy atom. The van der Waals surface area contributed by atoms with E-state index in [0.717, 1.165) is 0 Å². The minimum absolute atomic E-state index is 1.32. The van der Waals surface area contributed by atoms with Crippen molar-refractivity contribution in [3.8, 4) is 0 Å². The average Bonchev–Trinajstić information content (AvgIpc) is 2.21. The Hall–Kier alpha value is -0.160. The standard InChI is InChI=1S/C7H12.HOP/c1-2-4-6-7-5-3-1;1-2/h1-2H,3-7H2;2H. The first-order valence-electron chi connectivity index (χ1n) is 3.35. The maximum atomic E-state index is 8.06. The van der Waals surface area contributed by atoms with Gasteiger partial charge in [-0.2, -0.15) is 0 Å². The molecule has 0 unspecified atom stereocenters. The molecule has 0 radical (unpaired) electrons. The van der Waals surface area contributed by atoms with Crippen molar-refractivity contribution < 1.29 is 4.57 Å². The molecule has 0 bridgehead atoms. The zero-order chi connectivity index (χ0) is 6.95. The fraction of sp³-hybridized carbons (Fsp3) is 0.714. The molecule has 0 aromatic carbocycles. The minimum Gasteiger partial charge on any atom is -0.279 e. The van der Waals surface area contributed by atoms with Crippen molar-refractivity contribution >= 4 is 9.12 Å². The molecule has 0 aromatic rings. The third kappa shape index (κ3) is 5.72. The van der Waals surface area contributed by atoms with E-state index in [1.54, 1.807) is 9.12 Å². The lowest BCUT2D eigenvalue weighted by Crippen LogP contribution is -1.67. The average molecular weight is 144 g/mol. The van der Waals surface area contributed by atoms with Gasteiger partial charge in [0, 0.05) is 0 Å². The van der Waals surface area contributed by atoms with Crippen molar-refractivity contribution in [2.45, 2.75) is 32.1 Å². The van der Waals surface area contributed by atoms with E-state index >= 15 is 0 Å². The second-order valence-electron chi connectivity index (χ2n) is 2.11. The quantitative estimate of drug-likeness (QED) is 0.377. The first kappa shape index (κ1) is 8.84. The summed E-state index contributed by atoms with van der Waals surface area (Å²) in [6, 6.07) is 0. The molecule has 1 rings (SSSR count). The Morgan fingerprint density at radius 1 is 0.889 bits per heavy atom. The highest BCUT2D eigenvalue weighted by molar-refractivity contribution is 7.00. The lowest BCUT2D eigenvalue weighted by molar-refractivity contribution is 0.607. The van der Waals surface area contributed by atoms with Crippen molar-refractivity contribution in [2.75, 3.05) is 0 Å². The van der Waals surface area contributed by atoms with Crippen molar-refractivity contribution in [2.24, 2.45) is 0 Å². The Labute approximate surface area is 58.8 Å². The molecular formula is C7H13OP. The fourth-order valence-corrected chi connectivity index (χ4v) is 0.937. The predicted molar refractivity (Wildman–Crippen MR) is 41.2 cm³/mol. The van der Waals surface area contributed by atoms with Crippen LogP contribution in [0.3, 0.4) is 0 Å². The van der Waals surface area contributed by atoms with Crippen molar-refractivity contribution in [1.29, 1.82) is 0 Å². The fourth-order valence-electron chi connectivity index (χ4n) is 0.937. The van der Waals surface area contributed by atoms with Crippen LogP contribution in [0.5, 0.6) is 0 Å². The number of allylic oxidation sites excluding steroid dienone is 2. The molecule has 0 aliphatic heterocycles. The molecule has 0 saturated heterocycles. The first-order valence-corrected chi connectivity index (χ1v) is 3.76. The van der Waals surface area contributed by atoms with Crippen LogP contribution in [0, 0.1) is 0 Å². The maximum absolute atomic E-state index is 8.06. The van der Waals surface area contributed by atoms with E-state index in [2.05, 4.69) is 12.2 Å². The second-order valence-corrected chi connectivity index (χ2v) is 2.11. The molecule has 0 amide bonds. The third-order valence-electron chi connectivity index (χ3n) is 1.41. The van der Waals surface area contributed by atoms with Gasteiger partial charge in [-0.25, -0.2) is 0 Å². The Balaban J connectivity index is 0.000000291. The number of rotatable bonds is 0. The molecule has 0 N–H and O–H groups in total. The van der Waals surface area contributed by atoms with Crippen molar-refractivity contribution in [3.05, 3.63) is 12.2 Å². The molecule has 0 fully saturated rings. The molecule has 1 aliphatic carbocycles. The summed E-state index contributed by atoms with van der Waals surface area (Å²) in [5.74, 6) is 0. The summed E-state index contributed by atoms with van der Waals surface area (Å²) in [6.07, 6.45) is 11.5. The maximum Gasteiger partial charge on any atom is 0.138 e. The number of hydrogen-bond donors (Lipinski definition) is 0. The number of hydrogen-bond acceptors (Lipinski definition) is 1. The zero-order valence-electron chi connectivity index (χ0n) is 5.60. The van der Waals surface area contributed by atoms with E-state index in [9.17, 15) is 0 Å². The van der Waals surface area contributed by atoms with Gasteiger partial charge in [-0.3, -0.25) is 4.57 Å². The van der Waals surface area contributed by atoms with Crippen LogP contribution in [0.1, 0.15) is 32.1 Å². The smallest absolute Gasteiger partial charge is 0.138 e. The Morgan fingerprint density at radius 2 is 1.33 bits per heavy atom. The molecule has 0 heterocycles. The zero-order valence-corrected chi connectivity index (χ0v) is 6.60. The van der Waals surface area contributed by atoms with Gasteiger partial charge in [0.15, 0.2) is 0 Å². The molecule has 0 atom stereocenters. The molecular weight excluding hydrogens is 131 g/mol. The molecule has 1 aliphatic rings. The molecule has 1 nitrogen and oxygen atoms in total. The Kier molecular flexibility index (Phi) is 7.70. The van der Waals surface area contributed by atoms with Gasteiger partial charge in [0.1, 0.15) is 9.12 Å². The molecule has 0 aromatic heterocycles. The van der Waals surface area contributed by atoms with Crippen LogP contribution >= 0.6 is 9.12 Å². The van der Waals surface area contributed by atoms with E-state index in [-0.39, 0.29) is 0 Å². The van der Waals surface area contributed by atoms with Gasteiger partial charge in [0.05, 0.1) is 0 Å². The third-order valence-corrected chi connectivity index (χ3v) is 1.41. The topological polar surface area (TPSA) is 17.1 Å². The van der Waals surface area contributed by atoms with E-state index in [4.69, 9.17) is 4.57 Å². The van der Waals surface area contributed by atoms with Gasteiger partial charge in [-0.15, -0.1) is 0 Å². The predicted octanol–water partition coefficient (Wildman–Crippen LogP) is 2.98. The summed E-state index contributed by atoms with van der Waals surface area (Å²) in [5, 5.41) is 0. The van der Waals surface area contributed by atoms with Crippen LogP contribution in [0.15, 0.2) is 12.2 Å². The van der Waals surface area contributed by atoms with E-state index in [1.165, 1.54) is 32.1 Å². The minimum atomic E-state index is 1.32. The summed E-state index contributed by atoms with van der Waals surface area (Å²) >= 11 is 0. The van der Waals surface area contributed by atoms with Crippen molar-refractivity contribution in [1.82, 2.24) is 0 Å². The highest BCUT2D eigenvalue weighted by Gasteiger charge is 1.88. The van der Waals surface area contributed by atoms with Gasteiger partial charge in [0.25, 0.3) is 0 Å². The molecule has 2 heteroatoms. The summed E-state index contributed by atoms with van der Waals surface area (Å²) in [6.45, 7) is 0. The van der Waals surface area contributed by atoms with Crippen LogP contribution < -0.4 is 0 Å². The van der Waals surface area contributed by atoms with E-state index < -0.39 is 0 Å². The van der Waals surface area contributed by atoms with Crippen LogP contribution in [0.2, 0.25) is 0 Å². The summed E-state index contributed by atoms with van der Waals surface area (Å²) in [5.41, 5.74) is 0. The van der Waals surface area contributed by atoms with Gasteiger partial charge in [-0.05, 0) is 25.7 Å². The van der Waals surface area contributed by atoms with Crippen LogP contribution in [-0.2, 0) is 4.57 Å². The summed E-state index contributed by atoms with van der Waals surface area (Å²) in [7, 11) is 1.72. The molecule has 9 heavy (non-hydrogen) atoms. The molecule has 0 saturated carbocycles. The lowest BCUT2D eigenvalue weighted by Gasteiger charge is -1.86. The normalized spacial score (nSPS) is 17.3. The van der Waals surface area contributed by atoms with Gasteiger partial charge in [-0.1, -0.05) is 18.6 Å². The van der Waals surface area contributed by atoms with Crippen LogP contribution in [0.4, 0.5) is 0 Å². The molecule has 0 spiro atoms. The highest BCUT2D eigenvalue weighted by atomic mass is 31.0. The van der Waals surface area contributed by atoms with Gasteiger partial charge in [0.2, 0.25) is 0 Å². The van der Waals surface area contributed by atoms with Crippen molar-refractivity contribution in [3.63, 3.8) is 0 Å². The summed E-state index contributed by atoms with van der Waals surface area (Å²) in [4.78, 5) is 0. The van der Waals surface area contributed by atoms with E-state index in [0.29, 0.717) is 0 Å². The van der Waals surface area contributed by atoms with Crippen LogP contribution in [0.25, 0.3) is 0 Å². The largest absolute Gasteiger partial charge is 0.279 e. The Bertz CT molecular complexity index is 73.0. The summed E-state index contributed by atoms with van der Waals surface area (Å²) < 4.78 is 8.06. The SMILES string of the molecule is C1=CCCCCC1.O=P. The van der Waals surface area contributed by atoms with Gasteiger partial charge >= 0.3 is 0 Å². The van der Waals surface area contributed by atoms with E-state index in [1.807, 2.05) is 0 Å².